The van der Waals surface area contributed by atoms with Crippen LogP contribution in [-0.2, 0) is 11.4 Å². The summed E-state index contributed by atoms with van der Waals surface area (Å²) in [4.78, 5) is 5.03. The highest BCUT2D eigenvalue weighted by atomic mass is 19.2. The minimum Gasteiger partial charge on any atom is -0.497 e. The third-order valence-corrected chi connectivity index (χ3v) is 2.59. The monoisotopic (exact) mass is 277 g/mol. The molecule has 0 saturated carbocycles. The Morgan fingerprint density at radius 1 is 1.10 bits per heavy atom. The Morgan fingerprint density at radius 3 is 2.70 bits per heavy atom. The number of hydrogen-bond acceptors (Lipinski definition) is 3. The maximum absolute atomic E-state index is 13.0. The average molecular weight is 277 g/mol. The number of hydrogen-bond donors (Lipinski definition) is 0. The molecule has 0 atom stereocenters. The quantitative estimate of drug-likeness (QED) is 0.618. The van der Waals surface area contributed by atoms with Gasteiger partial charge < -0.3 is 9.57 Å². The number of nitrogens with zero attached hydrogens (tertiary/aromatic N) is 1. The Kier molecular flexibility index (Phi) is 4.65. The minimum absolute atomic E-state index is 0.0671. The number of halogens is 2. The van der Waals surface area contributed by atoms with Gasteiger partial charge in [0.1, 0.15) is 12.4 Å². The van der Waals surface area contributed by atoms with Gasteiger partial charge in [-0.05, 0) is 35.4 Å². The van der Waals surface area contributed by atoms with Gasteiger partial charge in [-0.2, -0.15) is 0 Å². The van der Waals surface area contributed by atoms with Crippen LogP contribution in [0.5, 0.6) is 5.75 Å². The molecule has 2 aromatic rings. The van der Waals surface area contributed by atoms with E-state index in [9.17, 15) is 8.78 Å². The van der Waals surface area contributed by atoms with Crippen LogP contribution in [0.1, 0.15) is 11.1 Å². The molecule has 0 N–H and O–H groups in total. The van der Waals surface area contributed by atoms with Crippen molar-refractivity contribution in [2.24, 2.45) is 5.16 Å². The average Bonchev–Trinajstić information content (AvgIpc) is 2.47. The van der Waals surface area contributed by atoms with Crippen molar-refractivity contribution in [1.82, 2.24) is 0 Å². The second-order valence-electron chi connectivity index (χ2n) is 4.03. The predicted octanol–water partition coefficient (Wildman–Crippen LogP) is 3.52. The maximum Gasteiger partial charge on any atom is 0.159 e. The minimum atomic E-state index is -0.900. The fraction of sp³-hybridized carbons (Fsp3) is 0.133. The highest BCUT2D eigenvalue weighted by molar-refractivity contribution is 5.79. The predicted molar refractivity (Wildman–Crippen MR) is 71.7 cm³/mol. The second-order valence-corrected chi connectivity index (χ2v) is 4.03. The standard InChI is InChI=1S/C15H13F2NO2/c1-19-13-4-2-3-11(7-13)9-18-20-10-12-5-6-14(16)15(17)8-12/h2-9H,10H2,1H3. The van der Waals surface area contributed by atoms with Crippen LogP contribution in [0.4, 0.5) is 8.78 Å². The molecular weight excluding hydrogens is 264 g/mol. The zero-order valence-electron chi connectivity index (χ0n) is 10.8. The molecule has 0 aliphatic heterocycles. The maximum atomic E-state index is 13.0. The van der Waals surface area contributed by atoms with Gasteiger partial charge in [0.05, 0.1) is 13.3 Å². The molecule has 0 bridgehead atoms. The number of methoxy groups -OCH3 is 1. The smallest absolute Gasteiger partial charge is 0.159 e. The zero-order valence-corrected chi connectivity index (χ0v) is 10.8. The molecule has 2 rings (SSSR count). The van der Waals surface area contributed by atoms with Crippen LogP contribution in [0.25, 0.3) is 0 Å². The van der Waals surface area contributed by atoms with E-state index in [0.29, 0.717) is 5.56 Å². The summed E-state index contributed by atoms with van der Waals surface area (Å²) in [6.45, 7) is 0.0671. The fourth-order valence-electron chi connectivity index (χ4n) is 1.56. The lowest BCUT2D eigenvalue weighted by molar-refractivity contribution is 0.132. The topological polar surface area (TPSA) is 30.8 Å². The molecule has 5 heteroatoms. The van der Waals surface area contributed by atoms with Crippen molar-refractivity contribution in [3.63, 3.8) is 0 Å². The van der Waals surface area contributed by atoms with Crippen molar-refractivity contribution in [3.8, 4) is 5.75 Å². The number of ether oxygens (including phenoxy) is 1. The summed E-state index contributed by atoms with van der Waals surface area (Å²) >= 11 is 0. The van der Waals surface area contributed by atoms with Gasteiger partial charge in [0.15, 0.2) is 11.6 Å². The van der Waals surface area contributed by atoms with E-state index in [0.717, 1.165) is 23.4 Å². The molecule has 0 saturated heterocycles. The van der Waals surface area contributed by atoms with Crippen molar-refractivity contribution >= 4 is 6.21 Å². The lowest BCUT2D eigenvalue weighted by atomic mass is 10.2. The third kappa shape index (κ3) is 3.78. The summed E-state index contributed by atoms with van der Waals surface area (Å²) in [5.41, 5.74) is 1.32. The Morgan fingerprint density at radius 2 is 1.95 bits per heavy atom. The first-order valence-corrected chi connectivity index (χ1v) is 5.92. The van der Waals surface area contributed by atoms with Gasteiger partial charge in [0.2, 0.25) is 0 Å². The van der Waals surface area contributed by atoms with Crippen molar-refractivity contribution in [3.05, 3.63) is 65.2 Å². The van der Waals surface area contributed by atoms with Crippen LogP contribution in [0.2, 0.25) is 0 Å². The first-order valence-electron chi connectivity index (χ1n) is 5.92. The van der Waals surface area contributed by atoms with Crippen LogP contribution in [0.3, 0.4) is 0 Å². The molecule has 0 fully saturated rings. The van der Waals surface area contributed by atoms with Crippen LogP contribution in [0.15, 0.2) is 47.6 Å². The Hall–Kier alpha value is -2.43. The highest BCUT2D eigenvalue weighted by Crippen LogP contribution is 2.12. The lowest BCUT2D eigenvalue weighted by Gasteiger charge is -2.01. The van der Waals surface area contributed by atoms with E-state index >= 15 is 0 Å². The molecule has 0 unspecified atom stereocenters. The van der Waals surface area contributed by atoms with Crippen LogP contribution >= 0.6 is 0 Å². The summed E-state index contributed by atoms with van der Waals surface area (Å²) in [7, 11) is 1.58. The SMILES string of the molecule is COc1cccc(C=NOCc2ccc(F)c(F)c2)c1. The Labute approximate surface area is 115 Å². The van der Waals surface area contributed by atoms with E-state index < -0.39 is 11.6 Å². The van der Waals surface area contributed by atoms with Gasteiger partial charge in [-0.25, -0.2) is 8.78 Å². The summed E-state index contributed by atoms with van der Waals surface area (Å²) in [5, 5.41) is 3.77. The normalized spacial score (nSPS) is 10.8. The summed E-state index contributed by atoms with van der Waals surface area (Å²) in [6.07, 6.45) is 1.52. The van der Waals surface area contributed by atoms with Gasteiger partial charge in [0.25, 0.3) is 0 Å². The van der Waals surface area contributed by atoms with E-state index in [2.05, 4.69) is 5.16 Å². The summed E-state index contributed by atoms with van der Waals surface area (Å²) in [5.74, 6) is -1.06. The summed E-state index contributed by atoms with van der Waals surface area (Å²) in [6, 6.07) is 10.9. The molecule has 20 heavy (non-hydrogen) atoms. The number of rotatable bonds is 5. The number of oxime groups is 1. The molecule has 104 valence electrons. The van der Waals surface area contributed by atoms with E-state index in [1.54, 1.807) is 13.2 Å². The van der Waals surface area contributed by atoms with E-state index in [-0.39, 0.29) is 6.61 Å². The Balaban J connectivity index is 1.91. The fourth-order valence-corrected chi connectivity index (χ4v) is 1.56. The van der Waals surface area contributed by atoms with Crippen LogP contribution in [0, 0.1) is 11.6 Å². The largest absolute Gasteiger partial charge is 0.497 e. The van der Waals surface area contributed by atoms with Crippen molar-refractivity contribution in [2.45, 2.75) is 6.61 Å². The van der Waals surface area contributed by atoms with Crippen molar-refractivity contribution in [2.75, 3.05) is 7.11 Å². The zero-order chi connectivity index (χ0) is 14.4. The van der Waals surface area contributed by atoms with E-state index in [4.69, 9.17) is 9.57 Å². The van der Waals surface area contributed by atoms with Crippen LogP contribution < -0.4 is 4.74 Å². The highest BCUT2D eigenvalue weighted by Gasteiger charge is 2.02. The number of benzene rings is 2. The van der Waals surface area contributed by atoms with Gasteiger partial charge in [0, 0.05) is 0 Å². The van der Waals surface area contributed by atoms with Gasteiger partial charge >= 0.3 is 0 Å². The van der Waals surface area contributed by atoms with Crippen molar-refractivity contribution in [1.29, 1.82) is 0 Å². The summed E-state index contributed by atoms with van der Waals surface area (Å²) < 4.78 is 30.8. The lowest BCUT2D eigenvalue weighted by Crippen LogP contribution is -1.92. The van der Waals surface area contributed by atoms with E-state index in [1.807, 2.05) is 18.2 Å². The molecule has 0 spiro atoms. The van der Waals surface area contributed by atoms with Gasteiger partial charge in [-0.15, -0.1) is 0 Å². The second kappa shape index (κ2) is 6.65. The van der Waals surface area contributed by atoms with E-state index in [1.165, 1.54) is 12.3 Å². The molecule has 0 heterocycles. The molecule has 0 aliphatic carbocycles. The Bertz CT molecular complexity index is 615. The molecule has 0 amide bonds. The van der Waals surface area contributed by atoms with Gasteiger partial charge in [-0.3, -0.25) is 0 Å². The van der Waals surface area contributed by atoms with Gasteiger partial charge in [-0.1, -0.05) is 23.4 Å². The first-order chi connectivity index (χ1) is 9.69. The molecular formula is C15H13F2NO2. The third-order valence-electron chi connectivity index (χ3n) is 2.59. The molecule has 0 aliphatic rings. The molecule has 0 radical (unpaired) electrons. The molecule has 3 nitrogen and oxygen atoms in total. The van der Waals surface area contributed by atoms with Crippen LogP contribution in [-0.4, -0.2) is 13.3 Å². The molecule has 2 aromatic carbocycles. The molecule has 0 aromatic heterocycles. The first kappa shape index (κ1) is 14.0. The van der Waals surface area contributed by atoms with Crippen molar-refractivity contribution < 1.29 is 18.4 Å².